The van der Waals surface area contributed by atoms with Gasteiger partial charge >= 0.3 is 0 Å². The maximum atomic E-state index is 7.22. The number of thiophene rings is 1. The molecule has 5 heteroatoms. The van der Waals surface area contributed by atoms with Crippen molar-refractivity contribution in [1.82, 2.24) is 15.0 Å². The highest BCUT2D eigenvalue weighted by Crippen LogP contribution is 2.51. The Balaban J connectivity index is 1.09. The third-order valence-electron chi connectivity index (χ3n) is 13.4. The second kappa shape index (κ2) is 13.8. The van der Waals surface area contributed by atoms with E-state index in [0.717, 1.165) is 60.7 Å². The SMILES string of the molecule is c1ccc(-c2nc(-c3ccc4c(oc5cc6ccccc6cc54)c3C3Cc4cc5ccccc5cc4-c4c3ccc3ccccc43)nc(-c3cccc4c3sc3ccccc34)n2)cc1. The molecule has 13 aromatic rings. The number of nitrogens with zero attached hydrogens (tertiary/aromatic N) is 3. The number of rotatable bonds is 4. The molecule has 1 aliphatic rings. The highest BCUT2D eigenvalue weighted by atomic mass is 32.1. The fourth-order valence-electron chi connectivity index (χ4n) is 10.5. The van der Waals surface area contributed by atoms with Gasteiger partial charge in [-0.25, -0.2) is 15.0 Å². The zero-order valence-corrected chi connectivity index (χ0v) is 35.2. The Hall–Kier alpha value is -7.99. The zero-order valence-electron chi connectivity index (χ0n) is 34.4. The Morgan fingerprint density at radius 2 is 1.09 bits per heavy atom. The lowest BCUT2D eigenvalue weighted by molar-refractivity contribution is 0.655. The molecule has 0 saturated carbocycles. The maximum absolute atomic E-state index is 7.22. The summed E-state index contributed by atoms with van der Waals surface area (Å²) in [6.07, 6.45) is 0.779. The molecule has 1 aliphatic carbocycles. The molecule has 1 atom stereocenters. The van der Waals surface area contributed by atoms with Crippen molar-refractivity contribution in [2.24, 2.45) is 0 Å². The summed E-state index contributed by atoms with van der Waals surface area (Å²) in [7, 11) is 0. The van der Waals surface area contributed by atoms with Gasteiger partial charge in [0.05, 0.1) is 0 Å². The summed E-state index contributed by atoms with van der Waals surface area (Å²) in [6.45, 7) is 0. The third kappa shape index (κ3) is 5.38. The lowest BCUT2D eigenvalue weighted by Gasteiger charge is -2.31. The predicted octanol–water partition coefficient (Wildman–Crippen LogP) is 16.0. The molecule has 3 aromatic heterocycles. The minimum atomic E-state index is -0.0895. The maximum Gasteiger partial charge on any atom is 0.165 e. The van der Waals surface area contributed by atoms with E-state index in [9.17, 15) is 0 Å². The van der Waals surface area contributed by atoms with Gasteiger partial charge in [-0.15, -0.1) is 11.3 Å². The lowest BCUT2D eigenvalue weighted by Crippen LogP contribution is -2.15. The van der Waals surface area contributed by atoms with Crippen molar-refractivity contribution in [2.75, 3.05) is 0 Å². The van der Waals surface area contributed by atoms with Gasteiger partial charge < -0.3 is 4.42 Å². The van der Waals surface area contributed by atoms with Crippen LogP contribution in [0.15, 0.2) is 199 Å². The third-order valence-corrected chi connectivity index (χ3v) is 14.7. The fourth-order valence-corrected chi connectivity index (χ4v) is 11.7. The van der Waals surface area contributed by atoms with E-state index in [1.165, 1.54) is 64.7 Å². The van der Waals surface area contributed by atoms with E-state index in [1.54, 1.807) is 11.3 Å². The van der Waals surface area contributed by atoms with Crippen LogP contribution in [0.1, 0.15) is 22.6 Å². The Labute approximate surface area is 371 Å². The van der Waals surface area contributed by atoms with E-state index in [-0.39, 0.29) is 5.92 Å². The molecule has 0 radical (unpaired) electrons. The quantitative estimate of drug-likeness (QED) is 0.177. The average molecular weight is 834 g/mol. The highest BCUT2D eigenvalue weighted by molar-refractivity contribution is 7.26. The molecule has 0 bridgehead atoms. The molecule has 4 nitrogen and oxygen atoms in total. The Kier molecular flexibility index (Phi) is 7.65. The van der Waals surface area contributed by atoms with Crippen molar-refractivity contribution >= 4 is 85.8 Å². The van der Waals surface area contributed by atoms with E-state index < -0.39 is 0 Å². The van der Waals surface area contributed by atoms with Crippen LogP contribution in [0.5, 0.6) is 0 Å². The van der Waals surface area contributed by atoms with Crippen molar-refractivity contribution in [3.8, 4) is 45.3 Å². The first kappa shape index (κ1) is 35.6. The summed E-state index contributed by atoms with van der Waals surface area (Å²) in [5.41, 5.74) is 10.8. The molecule has 1 unspecified atom stereocenters. The van der Waals surface area contributed by atoms with Crippen molar-refractivity contribution in [3.63, 3.8) is 0 Å². The summed E-state index contributed by atoms with van der Waals surface area (Å²) in [5.74, 6) is 1.81. The van der Waals surface area contributed by atoms with Gasteiger partial charge in [-0.1, -0.05) is 152 Å². The summed E-state index contributed by atoms with van der Waals surface area (Å²) in [4.78, 5) is 16.2. The highest BCUT2D eigenvalue weighted by Gasteiger charge is 2.33. The van der Waals surface area contributed by atoms with E-state index in [0.29, 0.717) is 17.5 Å². The van der Waals surface area contributed by atoms with Crippen LogP contribution >= 0.6 is 11.3 Å². The molecule has 0 amide bonds. The van der Waals surface area contributed by atoms with Crippen molar-refractivity contribution in [2.45, 2.75) is 12.3 Å². The summed E-state index contributed by atoms with van der Waals surface area (Å²) >= 11 is 1.79. The first-order valence-corrected chi connectivity index (χ1v) is 22.7. The number of benzene rings is 10. The van der Waals surface area contributed by atoms with E-state index >= 15 is 0 Å². The topological polar surface area (TPSA) is 51.8 Å². The summed E-state index contributed by atoms with van der Waals surface area (Å²) in [6, 6.07) is 69.9. The van der Waals surface area contributed by atoms with Crippen LogP contribution in [-0.4, -0.2) is 15.0 Å². The van der Waals surface area contributed by atoms with Crippen LogP contribution in [0.4, 0.5) is 0 Å². The number of furan rings is 1. The van der Waals surface area contributed by atoms with Crippen LogP contribution in [0.25, 0.3) is 120 Å². The molecule has 298 valence electrons. The summed E-state index contributed by atoms with van der Waals surface area (Å²) < 4.78 is 9.62. The van der Waals surface area contributed by atoms with E-state index in [4.69, 9.17) is 19.4 Å². The Bertz CT molecular complexity index is 4070. The molecule has 14 rings (SSSR count). The van der Waals surface area contributed by atoms with Gasteiger partial charge in [-0.3, -0.25) is 0 Å². The first-order valence-electron chi connectivity index (χ1n) is 21.8. The lowest BCUT2D eigenvalue weighted by atomic mass is 9.72. The molecule has 0 aliphatic heterocycles. The minimum absolute atomic E-state index is 0.0895. The molecular formula is C59H35N3OS. The summed E-state index contributed by atoms with van der Waals surface area (Å²) in [5, 5.41) is 11.9. The average Bonchev–Trinajstić information content (AvgIpc) is 3.92. The van der Waals surface area contributed by atoms with Crippen molar-refractivity contribution < 1.29 is 4.42 Å². The number of hydrogen-bond donors (Lipinski definition) is 0. The molecular weight excluding hydrogens is 799 g/mol. The molecule has 0 spiro atoms. The Morgan fingerprint density at radius 3 is 1.92 bits per heavy atom. The molecule has 10 aromatic carbocycles. The predicted molar refractivity (Wildman–Crippen MR) is 266 cm³/mol. The van der Waals surface area contributed by atoms with E-state index in [1.807, 2.05) is 18.2 Å². The first-order chi connectivity index (χ1) is 31.7. The monoisotopic (exact) mass is 833 g/mol. The normalized spacial score (nSPS) is 13.7. The van der Waals surface area contributed by atoms with E-state index in [2.05, 4.69) is 176 Å². The molecule has 3 heterocycles. The van der Waals surface area contributed by atoms with Gasteiger partial charge in [0.1, 0.15) is 11.2 Å². The van der Waals surface area contributed by atoms with Gasteiger partial charge in [0.25, 0.3) is 0 Å². The fraction of sp³-hybridized carbons (Fsp3) is 0.0339. The minimum Gasteiger partial charge on any atom is -0.456 e. The van der Waals surface area contributed by atoms with Gasteiger partial charge in [-0.2, -0.15) is 0 Å². The smallest absolute Gasteiger partial charge is 0.165 e. The largest absolute Gasteiger partial charge is 0.456 e. The van der Waals surface area contributed by atoms with Gasteiger partial charge in [0.2, 0.25) is 0 Å². The van der Waals surface area contributed by atoms with Crippen LogP contribution < -0.4 is 0 Å². The van der Waals surface area contributed by atoms with Crippen molar-refractivity contribution in [1.29, 1.82) is 0 Å². The van der Waals surface area contributed by atoms with Crippen LogP contribution in [0, 0.1) is 0 Å². The van der Waals surface area contributed by atoms with Crippen LogP contribution in [0.2, 0.25) is 0 Å². The second-order valence-corrected chi connectivity index (χ2v) is 18.1. The molecule has 64 heavy (non-hydrogen) atoms. The molecule has 0 N–H and O–H groups in total. The molecule has 0 saturated heterocycles. The van der Waals surface area contributed by atoms with Crippen LogP contribution in [-0.2, 0) is 6.42 Å². The van der Waals surface area contributed by atoms with Gasteiger partial charge in [-0.05, 0) is 103 Å². The van der Waals surface area contributed by atoms with Crippen LogP contribution in [0.3, 0.4) is 0 Å². The number of hydrogen-bond acceptors (Lipinski definition) is 5. The van der Waals surface area contributed by atoms with Gasteiger partial charge in [0.15, 0.2) is 17.5 Å². The van der Waals surface area contributed by atoms with Crippen molar-refractivity contribution in [3.05, 3.63) is 211 Å². The van der Waals surface area contributed by atoms with Gasteiger partial charge in [0, 0.05) is 59.1 Å². The standard InChI is InChI=1S/C59H35N3OS/c1-2-14-35(15-3-1)57-60-58(62-59(61-57)47-23-12-22-45-42-21-10-11-24-52(42)64-56(45)47)46-28-27-44-49-31-38-18-6-7-19-39(38)33-51(49)63-55(44)54(46)50-32-40-29-36-16-4-5-17-37(36)30-48(40)53-41-20-9-8-13-34(41)25-26-43(50)53/h1-31,33,50H,32H2. The number of aromatic nitrogens is 3. The zero-order chi connectivity index (χ0) is 41.9. The molecule has 0 fully saturated rings. The Morgan fingerprint density at radius 1 is 0.438 bits per heavy atom. The second-order valence-electron chi connectivity index (χ2n) is 17.0. The number of fused-ring (bicyclic) bond motifs is 13.